The normalized spacial score (nSPS) is 10.9. The number of hydrogen-bond acceptors (Lipinski definition) is 2. The summed E-state index contributed by atoms with van der Waals surface area (Å²) in [6, 6.07) is 5.47. The van der Waals surface area contributed by atoms with E-state index < -0.39 is 0 Å². The second-order valence-corrected chi connectivity index (χ2v) is 4.96. The van der Waals surface area contributed by atoms with Gasteiger partial charge in [0.05, 0.1) is 10.0 Å². The first-order chi connectivity index (χ1) is 8.56. The molecule has 0 bridgehead atoms. The van der Waals surface area contributed by atoms with Crippen molar-refractivity contribution in [3.05, 3.63) is 34.1 Å². The van der Waals surface area contributed by atoms with Gasteiger partial charge in [0.1, 0.15) is 17.3 Å². The van der Waals surface area contributed by atoms with Gasteiger partial charge < -0.3 is 10.3 Å². The lowest BCUT2D eigenvalue weighted by molar-refractivity contribution is 0.764. The maximum Gasteiger partial charge on any atom is 0.131 e. The molecule has 3 nitrogen and oxygen atoms in total. The lowest BCUT2D eigenvalue weighted by Gasteiger charge is -2.04. The van der Waals surface area contributed by atoms with E-state index in [0.29, 0.717) is 21.6 Å². The van der Waals surface area contributed by atoms with E-state index >= 15 is 0 Å². The predicted octanol–water partition coefficient (Wildman–Crippen LogP) is 3.93. The molecule has 0 saturated carbocycles. The van der Waals surface area contributed by atoms with Gasteiger partial charge in [0.2, 0.25) is 0 Å². The summed E-state index contributed by atoms with van der Waals surface area (Å²) in [5.74, 6) is 1.57. The minimum absolute atomic E-state index is 0.493. The Morgan fingerprint density at radius 1 is 1.33 bits per heavy atom. The number of nitrogen functional groups attached to an aromatic ring is 1. The first kappa shape index (κ1) is 13.2. The summed E-state index contributed by atoms with van der Waals surface area (Å²) >= 11 is 12.2. The molecule has 0 amide bonds. The van der Waals surface area contributed by atoms with E-state index in [1.807, 2.05) is 23.7 Å². The van der Waals surface area contributed by atoms with Crippen LogP contribution in [0, 0.1) is 0 Å². The van der Waals surface area contributed by atoms with Crippen LogP contribution in [-0.2, 0) is 13.5 Å². The molecule has 1 aromatic carbocycles. The van der Waals surface area contributed by atoms with E-state index in [-0.39, 0.29) is 0 Å². The Labute approximate surface area is 117 Å². The molecule has 18 heavy (non-hydrogen) atoms. The molecule has 0 spiro atoms. The van der Waals surface area contributed by atoms with Gasteiger partial charge in [-0.15, -0.1) is 0 Å². The van der Waals surface area contributed by atoms with Crippen molar-refractivity contribution in [1.82, 2.24) is 9.55 Å². The molecule has 1 heterocycles. The predicted molar refractivity (Wildman–Crippen MR) is 77.1 cm³/mol. The Kier molecular flexibility index (Phi) is 3.83. The fourth-order valence-corrected chi connectivity index (χ4v) is 2.28. The van der Waals surface area contributed by atoms with Crippen LogP contribution < -0.4 is 5.73 Å². The fraction of sp³-hybridized carbons (Fsp3) is 0.308. The number of rotatable bonds is 3. The standard InChI is InChI=1S/C13H15Cl2N3/c1-3-5-10-17-12(13(16)18(10)2)8-6-4-7-9(14)11(8)15/h4,6-7H,3,5,16H2,1-2H3. The van der Waals surface area contributed by atoms with Crippen molar-refractivity contribution < 1.29 is 0 Å². The van der Waals surface area contributed by atoms with Crippen LogP contribution >= 0.6 is 23.2 Å². The Hall–Kier alpha value is -1.19. The zero-order chi connectivity index (χ0) is 13.3. The molecular formula is C13H15Cl2N3. The zero-order valence-electron chi connectivity index (χ0n) is 10.4. The van der Waals surface area contributed by atoms with Gasteiger partial charge in [-0.25, -0.2) is 4.98 Å². The number of halogens is 2. The lowest BCUT2D eigenvalue weighted by atomic mass is 10.1. The molecule has 2 aromatic rings. The SMILES string of the molecule is CCCc1nc(-c2cccc(Cl)c2Cl)c(N)n1C. The van der Waals surface area contributed by atoms with Crippen LogP contribution in [0.5, 0.6) is 0 Å². The van der Waals surface area contributed by atoms with E-state index in [1.54, 1.807) is 6.07 Å². The van der Waals surface area contributed by atoms with Gasteiger partial charge in [-0.3, -0.25) is 0 Å². The van der Waals surface area contributed by atoms with Crippen LogP contribution in [0.2, 0.25) is 10.0 Å². The summed E-state index contributed by atoms with van der Waals surface area (Å²) in [6.07, 6.45) is 1.91. The first-order valence-electron chi connectivity index (χ1n) is 5.81. The third-order valence-electron chi connectivity index (χ3n) is 2.91. The highest BCUT2D eigenvalue weighted by atomic mass is 35.5. The van der Waals surface area contributed by atoms with Crippen molar-refractivity contribution in [2.24, 2.45) is 7.05 Å². The Morgan fingerprint density at radius 2 is 2.06 bits per heavy atom. The maximum absolute atomic E-state index is 6.20. The Morgan fingerprint density at radius 3 is 2.72 bits per heavy atom. The van der Waals surface area contributed by atoms with E-state index in [4.69, 9.17) is 28.9 Å². The second kappa shape index (κ2) is 5.21. The molecule has 0 aliphatic heterocycles. The maximum atomic E-state index is 6.20. The van der Waals surface area contributed by atoms with Gasteiger partial charge in [0.25, 0.3) is 0 Å². The third-order valence-corrected chi connectivity index (χ3v) is 3.73. The quantitative estimate of drug-likeness (QED) is 0.928. The van der Waals surface area contributed by atoms with E-state index in [0.717, 1.165) is 24.2 Å². The average molecular weight is 284 g/mol. The molecule has 2 N–H and O–H groups in total. The van der Waals surface area contributed by atoms with E-state index in [1.165, 1.54) is 0 Å². The molecule has 0 aliphatic carbocycles. The first-order valence-corrected chi connectivity index (χ1v) is 6.57. The molecule has 0 unspecified atom stereocenters. The van der Waals surface area contributed by atoms with Crippen LogP contribution in [0.1, 0.15) is 19.2 Å². The van der Waals surface area contributed by atoms with E-state index in [2.05, 4.69) is 11.9 Å². The van der Waals surface area contributed by atoms with Crippen LogP contribution in [0.4, 0.5) is 5.82 Å². The van der Waals surface area contributed by atoms with Crippen molar-refractivity contribution in [1.29, 1.82) is 0 Å². The molecule has 5 heteroatoms. The van der Waals surface area contributed by atoms with Crippen molar-refractivity contribution >= 4 is 29.0 Å². The zero-order valence-corrected chi connectivity index (χ0v) is 11.9. The number of benzene rings is 1. The largest absolute Gasteiger partial charge is 0.383 e. The number of hydrogen-bond donors (Lipinski definition) is 1. The lowest BCUT2D eigenvalue weighted by Crippen LogP contribution is -2.01. The minimum atomic E-state index is 0.493. The van der Waals surface area contributed by atoms with Crippen LogP contribution in [0.25, 0.3) is 11.3 Å². The van der Waals surface area contributed by atoms with Crippen molar-refractivity contribution in [3.63, 3.8) is 0 Å². The Balaban J connectivity index is 2.57. The summed E-state index contributed by atoms with van der Waals surface area (Å²) in [7, 11) is 1.91. The topological polar surface area (TPSA) is 43.8 Å². The number of nitrogens with zero attached hydrogens (tertiary/aromatic N) is 2. The van der Waals surface area contributed by atoms with Gasteiger partial charge in [0, 0.05) is 19.0 Å². The third kappa shape index (κ3) is 2.20. The highest BCUT2D eigenvalue weighted by Crippen LogP contribution is 2.35. The molecule has 96 valence electrons. The number of aromatic nitrogens is 2. The highest BCUT2D eigenvalue weighted by Gasteiger charge is 2.16. The molecule has 0 fully saturated rings. The van der Waals surface area contributed by atoms with Gasteiger partial charge in [0.15, 0.2) is 0 Å². The average Bonchev–Trinajstić information content (AvgIpc) is 2.62. The summed E-state index contributed by atoms with van der Waals surface area (Å²) in [6.45, 7) is 2.11. The van der Waals surface area contributed by atoms with Gasteiger partial charge in [-0.05, 0) is 12.5 Å². The molecule has 0 saturated heterocycles. The summed E-state index contributed by atoms with van der Waals surface area (Å²) < 4.78 is 1.90. The minimum Gasteiger partial charge on any atom is -0.383 e. The molecule has 0 atom stereocenters. The van der Waals surface area contributed by atoms with Crippen LogP contribution in [0.3, 0.4) is 0 Å². The van der Waals surface area contributed by atoms with Crippen molar-refractivity contribution in [2.75, 3.05) is 5.73 Å². The molecule has 0 aliphatic rings. The van der Waals surface area contributed by atoms with Crippen molar-refractivity contribution in [2.45, 2.75) is 19.8 Å². The highest BCUT2D eigenvalue weighted by molar-refractivity contribution is 6.43. The van der Waals surface area contributed by atoms with E-state index in [9.17, 15) is 0 Å². The van der Waals surface area contributed by atoms with Gasteiger partial charge in [-0.1, -0.05) is 42.3 Å². The van der Waals surface area contributed by atoms with Crippen LogP contribution in [0.15, 0.2) is 18.2 Å². The molecule has 2 rings (SSSR count). The second-order valence-electron chi connectivity index (χ2n) is 4.17. The molecular weight excluding hydrogens is 269 g/mol. The van der Waals surface area contributed by atoms with Crippen molar-refractivity contribution in [3.8, 4) is 11.3 Å². The summed E-state index contributed by atoms with van der Waals surface area (Å²) in [4.78, 5) is 4.57. The number of nitrogens with two attached hydrogens (primary N) is 1. The molecule has 1 aromatic heterocycles. The number of imidazole rings is 1. The monoisotopic (exact) mass is 283 g/mol. The fourth-order valence-electron chi connectivity index (χ4n) is 1.89. The Bertz CT molecular complexity index is 576. The summed E-state index contributed by atoms with van der Waals surface area (Å²) in [5, 5.41) is 1.00. The van der Waals surface area contributed by atoms with Gasteiger partial charge in [-0.2, -0.15) is 0 Å². The van der Waals surface area contributed by atoms with Crippen LogP contribution in [-0.4, -0.2) is 9.55 Å². The molecule has 0 radical (unpaired) electrons. The van der Waals surface area contributed by atoms with Gasteiger partial charge >= 0.3 is 0 Å². The number of anilines is 1. The smallest absolute Gasteiger partial charge is 0.131 e. The summed E-state index contributed by atoms with van der Waals surface area (Å²) in [5.41, 5.74) is 7.56. The number of aryl methyl sites for hydroxylation is 1.